The molecule has 0 aliphatic carbocycles. The van der Waals surface area contributed by atoms with E-state index in [1.807, 2.05) is 54.6 Å². The number of nitrogens with zero attached hydrogens (tertiary/aromatic N) is 4. The number of rotatable bonds is 8. The Bertz CT molecular complexity index is 1120. The van der Waals surface area contributed by atoms with Crippen molar-refractivity contribution in [2.45, 2.75) is 21.5 Å². The first kappa shape index (κ1) is 20.5. The first-order valence-corrected chi connectivity index (χ1v) is 11.1. The van der Waals surface area contributed by atoms with Crippen molar-refractivity contribution in [3.63, 3.8) is 0 Å². The summed E-state index contributed by atoms with van der Waals surface area (Å²) in [5.74, 6) is 0.775. The lowest BCUT2D eigenvalue weighted by atomic mass is 10.3. The SMILES string of the molecule is O=C(CSc1nnnn1Cc1ccco1)Nc1ccccc1Sc1ccc(Cl)cc1. The number of aromatic nitrogens is 4. The summed E-state index contributed by atoms with van der Waals surface area (Å²) in [5, 5.41) is 15.8. The fraction of sp³-hybridized carbons (Fsp3) is 0.100. The Morgan fingerprint density at radius 1 is 1.10 bits per heavy atom. The van der Waals surface area contributed by atoms with E-state index in [0.717, 1.165) is 21.2 Å². The van der Waals surface area contributed by atoms with E-state index >= 15 is 0 Å². The van der Waals surface area contributed by atoms with E-state index in [1.54, 1.807) is 28.8 Å². The van der Waals surface area contributed by atoms with Crippen LogP contribution in [0.15, 0.2) is 86.3 Å². The maximum atomic E-state index is 12.5. The Morgan fingerprint density at radius 3 is 2.73 bits per heavy atom. The van der Waals surface area contributed by atoms with E-state index in [4.69, 9.17) is 16.0 Å². The van der Waals surface area contributed by atoms with Crippen LogP contribution in [0, 0.1) is 0 Å². The van der Waals surface area contributed by atoms with E-state index in [-0.39, 0.29) is 11.7 Å². The van der Waals surface area contributed by atoms with Gasteiger partial charge in [-0.1, -0.05) is 47.3 Å². The molecule has 0 spiro atoms. The standard InChI is InChI=1S/C20H16ClN5O2S2/c21-14-7-9-16(10-8-14)30-18-6-2-1-5-17(18)22-19(27)13-29-20-23-24-25-26(20)12-15-4-3-11-28-15/h1-11H,12-13H2,(H,22,27). The zero-order valence-electron chi connectivity index (χ0n) is 15.6. The van der Waals surface area contributed by atoms with Gasteiger partial charge in [0.05, 0.1) is 17.7 Å². The van der Waals surface area contributed by atoms with Gasteiger partial charge in [-0.15, -0.1) is 5.10 Å². The van der Waals surface area contributed by atoms with Crippen molar-refractivity contribution in [3.8, 4) is 0 Å². The second-order valence-corrected chi connectivity index (χ2v) is 8.58. The quantitative estimate of drug-likeness (QED) is 0.378. The number of para-hydroxylation sites is 1. The molecule has 2 aromatic heterocycles. The fourth-order valence-corrected chi connectivity index (χ4v) is 4.26. The number of hydrogen-bond acceptors (Lipinski definition) is 7. The minimum Gasteiger partial charge on any atom is -0.467 e. The third-order valence-electron chi connectivity index (χ3n) is 3.92. The molecule has 0 radical (unpaired) electrons. The second kappa shape index (κ2) is 9.84. The molecule has 0 aliphatic heterocycles. The molecule has 0 atom stereocenters. The molecule has 2 heterocycles. The lowest BCUT2D eigenvalue weighted by Gasteiger charge is -2.10. The van der Waals surface area contributed by atoms with Gasteiger partial charge in [-0.3, -0.25) is 4.79 Å². The number of benzene rings is 2. The molecule has 0 fully saturated rings. The maximum Gasteiger partial charge on any atom is 0.234 e. The van der Waals surface area contributed by atoms with Crippen molar-refractivity contribution in [3.05, 3.63) is 77.7 Å². The average Bonchev–Trinajstić information content (AvgIpc) is 3.42. The molecule has 30 heavy (non-hydrogen) atoms. The van der Waals surface area contributed by atoms with Crippen LogP contribution in [0.3, 0.4) is 0 Å². The Balaban J connectivity index is 1.37. The minimum absolute atomic E-state index is 0.142. The molecule has 0 aliphatic rings. The van der Waals surface area contributed by atoms with Crippen LogP contribution in [0.2, 0.25) is 5.02 Å². The molecule has 2 aromatic carbocycles. The Hall–Kier alpha value is -2.75. The highest BCUT2D eigenvalue weighted by molar-refractivity contribution is 8.00. The predicted octanol–water partition coefficient (Wildman–Crippen LogP) is 4.85. The van der Waals surface area contributed by atoms with Gasteiger partial charge >= 0.3 is 0 Å². The normalized spacial score (nSPS) is 10.8. The number of furan rings is 1. The molecule has 7 nitrogen and oxygen atoms in total. The summed E-state index contributed by atoms with van der Waals surface area (Å²) in [6.45, 7) is 0.407. The minimum atomic E-state index is -0.142. The number of hydrogen-bond donors (Lipinski definition) is 1. The number of carbonyl (C=O) groups excluding carboxylic acids is 1. The van der Waals surface area contributed by atoms with Crippen molar-refractivity contribution in [2.75, 3.05) is 11.1 Å². The predicted molar refractivity (Wildman–Crippen MR) is 117 cm³/mol. The number of anilines is 1. The van der Waals surface area contributed by atoms with E-state index in [1.165, 1.54) is 11.8 Å². The summed E-state index contributed by atoms with van der Waals surface area (Å²) in [4.78, 5) is 14.5. The number of carbonyl (C=O) groups is 1. The van der Waals surface area contributed by atoms with Gasteiger partial charge in [0.1, 0.15) is 12.3 Å². The highest BCUT2D eigenvalue weighted by Crippen LogP contribution is 2.34. The summed E-state index contributed by atoms with van der Waals surface area (Å²) in [6.07, 6.45) is 1.60. The van der Waals surface area contributed by atoms with Crippen molar-refractivity contribution in [1.82, 2.24) is 20.2 Å². The van der Waals surface area contributed by atoms with Crippen LogP contribution < -0.4 is 5.32 Å². The van der Waals surface area contributed by atoms with E-state index < -0.39 is 0 Å². The van der Waals surface area contributed by atoms with Gasteiger partial charge in [-0.25, -0.2) is 4.68 Å². The smallest absolute Gasteiger partial charge is 0.234 e. The van der Waals surface area contributed by atoms with Crippen LogP contribution >= 0.6 is 35.1 Å². The molecule has 0 saturated carbocycles. The second-order valence-electron chi connectivity index (χ2n) is 6.09. The monoisotopic (exact) mass is 457 g/mol. The summed E-state index contributed by atoms with van der Waals surface area (Å²) >= 11 is 8.78. The van der Waals surface area contributed by atoms with Gasteiger partial charge in [-0.05, 0) is 59.0 Å². The molecule has 1 N–H and O–H groups in total. The highest BCUT2D eigenvalue weighted by Gasteiger charge is 2.13. The molecule has 0 bridgehead atoms. The number of tetrazole rings is 1. The van der Waals surface area contributed by atoms with Gasteiger partial charge in [0.15, 0.2) is 0 Å². The van der Waals surface area contributed by atoms with Gasteiger partial charge in [0.25, 0.3) is 0 Å². The number of nitrogens with one attached hydrogen (secondary N) is 1. The molecule has 0 unspecified atom stereocenters. The number of amides is 1. The Kier molecular flexibility index (Phi) is 6.73. The van der Waals surface area contributed by atoms with Crippen LogP contribution in [-0.2, 0) is 11.3 Å². The fourth-order valence-electron chi connectivity index (χ4n) is 2.55. The van der Waals surface area contributed by atoms with E-state index in [0.29, 0.717) is 16.7 Å². The van der Waals surface area contributed by atoms with Crippen molar-refractivity contribution in [1.29, 1.82) is 0 Å². The summed E-state index contributed by atoms with van der Waals surface area (Å²) < 4.78 is 6.92. The summed E-state index contributed by atoms with van der Waals surface area (Å²) in [7, 11) is 0. The number of halogens is 1. The summed E-state index contributed by atoms with van der Waals surface area (Å²) in [6, 6.07) is 18.9. The molecule has 10 heteroatoms. The van der Waals surface area contributed by atoms with Crippen molar-refractivity contribution in [2.24, 2.45) is 0 Å². The summed E-state index contributed by atoms with van der Waals surface area (Å²) in [5.41, 5.74) is 0.748. The number of thioether (sulfide) groups is 1. The van der Waals surface area contributed by atoms with Gasteiger partial charge in [-0.2, -0.15) is 0 Å². The van der Waals surface area contributed by atoms with Crippen LogP contribution in [0.4, 0.5) is 5.69 Å². The van der Waals surface area contributed by atoms with E-state index in [9.17, 15) is 4.79 Å². The molecule has 1 amide bonds. The molecule has 0 saturated heterocycles. The van der Waals surface area contributed by atoms with Gasteiger partial charge in [0.2, 0.25) is 11.1 Å². The zero-order valence-corrected chi connectivity index (χ0v) is 18.0. The molecular formula is C20H16ClN5O2S2. The molecular weight excluding hydrogens is 442 g/mol. The highest BCUT2D eigenvalue weighted by atomic mass is 35.5. The van der Waals surface area contributed by atoms with E-state index in [2.05, 4.69) is 20.8 Å². The molecule has 152 valence electrons. The molecule has 4 aromatic rings. The molecule has 4 rings (SSSR count). The Labute approximate surface area is 186 Å². The topological polar surface area (TPSA) is 85.8 Å². The first-order chi connectivity index (χ1) is 14.7. The van der Waals surface area contributed by atoms with Crippen LogP contribution in [0.1, 0.15) is 5.76 Å². The van der Waals surface area contributed by atoms with Gasteiger partial charge in [0, 0.05) is 14.8 Å². The average molecular weight is 458 g/mol. The lowest BCUT2D eigenvalue weighted by molar-refractivity contribution is -0.113. The van der Waals surface area contributed by atoms with Crippen LogP contribution in [0.25, 0.3) is 0 Å². The van der Waals surface area contributed by atoms with Crippen LogP contribution in [-0.4, -0.2) is 31.9 Å². The Morgan fingerprint density at radius 2 is 1.93 bits per heavy atom. The third kappa shape index (κ3) is 5.44. The first-order valence-electron chi connectivity index (χ1n) is 8.91. The van der Waals surface area contributed by atoms with Crippen molar-refractivity contribution < 1.29 is 9.21 Å². The van der Waals surface area contributed by atoms with Gasteiger partial charge < -0.3 is 9.73 Å². The van der Waals surface area contributed by atoms with Crippen molar-refractivity contribution >= 4 is 46.7 Å². The zero-order chi connectivity index (χ0) is 20.8. The maximum absolute atomic E-state index is 12.5. The largest absolute Gasteiger partial charge is 0.467 e. The third-order valence-corrected chi connectivity index (χ3v) is 6.21. The van der Waals surface area contributed by atoms with Crippen LogP contribution in [0.5, 0.6) is 0 Å². The lowest BCUT2D eigenvalue weighted by Crippen LogP contribution is -2.15.